The highest BCUT2D eigenvalue weighted by molar-refractivity contribution is 7.17. The first-order valence-corrected chi connectivity index (χ1v) is 12.4. The van der Waals surface area contributed by atoms with E-state index in [0.717, 1.165) is 17.8 Å². The second-order valence-electron chi connectivity index (χ2n) is 8.34. The van der Waals surface area contributed by atoms with Crippen molar-refractivity contribution in [2.24, 2.45) is 0 Å². The summed E-state index contributed by atoms with van der Waals surface area (Å²) in [5.41, 5.74) is 5.54. The SMILES string of the molecule is COc1cccc(OC)c1-c1cc(C(=O)Nc2nnc(-n3nccc3N)s2)oc(=O)c1O[C@H]1CCCC1O. The smallest absolute Gasteiger partial charge is 0.379 e. The number of carbonyl (C=O) groups is 1. The van der Waals surface area contributed by atoms with Gasteiger partial charge in [0, 0.05) is 11.6 Å². The topological polar surface area (TPSA) is 177 Å². The van der Waals surface area contributed by atoms with Crippen molar-refractivity contribution in [2.75, 3.05) is 25.3 Å². The third-order valence-electron chi connectivity index (χ3n) is 6.00. The normalized spacial score (nSPS) is 16.8. The maximum atomic E-state index is 13.2. The van der Waals surface area contributed by atoms with Gasteiger partial charge in [-0.1, -0.05) is 17.4 Å². The quantitative estimate of drug-likeness (QED) is 0.299. The van der Waals surface area contributed by atoms with Gasteiger partial charge in [0.2, 0.25) is 16.0 Å². The van der Waals surface area contributed by atoms with Crippen LogP contribution in [-0.2, 0) is 0 Å². The molecule has 1 aliphatic carbocycles. The number of nitrogens with one attached hydrogen (secondary N) is 1. The number of aromatic nitrogens is 4. The van der Waals surface area contributed by atoms with Gasteiger partial charge in [-0.05, 0) is 37.5 Å². The zero-order valence-corrected chi connectivity index (χ0v) is 21.2. The fourth-order valence-electron chi connectivity index (χ4n) is 4.19. The second kappa shape index (κ2) is 10.5. The number of ether oxygens (including phenoxy) is 3. The zero-order valence-electron chi connectivity index (χ0n) is 20.4. The number of amides is 1. The van der Waals surface area contributed by atoms with Crippen molar-refractivity contribution in [3.63, 3.8) is 0 Å². The summed E-state index contributed by atoms with van der Waals surface area (Å²) >= 11 is 1.02. The summed E-state index contributed by atoms with van der Waals surface area (Å²) < 4.78 is 23.7. The van der Waals surface area contributed by atoms with Crippen molar-refractivity contribution in [2.45, 2.75) is 31.5 Å². The monoisotopic (exact) mass is 540 g/mol. The van der Waals surface area contributed by atoms with Crippen LogP contribution in [0.3, 0.4) is 0 Å². The summed E-state index contributed by atoms with van der Waals surface area (Å²) in [6, 6.07) is 8.05. The Labute approximate surface area is 219 Å². The average molecular weight is 541 g/mol. The summed E-state index contributed by atoms with van der Waals surface area (Å²) in [7, 11) is 2.94. The molecule has 0 radical (unpaired) electrons. The summed E-state index contributed by atoms with van der Waals surface area (Å²) in [6.45, 7) is 0. The van der Waals surface area contributed by atoms with Gasteiger partial charge < -0.3 is 29.5 Å². The van der Waals surface area contributed by atoms with E-state index >= 15 is 0 Å². The van der Waals surface area contributed by atoms with Crippen LogP contribution in [0.5, 0.6) is 17.2 Å². The van der Waals surface area contributed by atoms with Crippen LogP contribution in [-0.4, -0.2) is 57.4 Å². The highest BCUT2D eigenvalue weighted by atomic mass is 32.1. The Morgan fingerprint density at radius 3 is 2.61 bits per heavy atom. The van der Waals surface area contributed by atoms with E-state index in [1.54, 1.807) is 24.3 Å². The van der Waals surface area contributed by atoms with Gasteiger partial charge in [0.15, 0.2) is 5.76 Å². The van der Waals surface area contributed by atoms with Crippen molar-refractivity contribution in [3.8, 4) is 33.5 Å². The predicted molar refractivity (Wildman–Crippen MR) is 137 cm³/mol. The Balaban J connectivity index is 1.55. The number of nitrogens with two attached hydrogens (primary N) is 1. The number of aliphatic hydroxyl groups is 1. The number of anilines is 2. The molecule has 1 saturated carbocycles. The van der Waals surface area contributed by atoms with E-state index in [1.165, 1.54) is 31.2 Å². The van der Waals surface area contributed by atoms with Gasteiger partial charge in [-0.2, -0.15) is 9.78 Å². The van der Waals surface area contributed by atoms with E-state index in [-0.39, 0.29) is 22.2 Å². The molecule has 3 heterocycles. The number of nitrogen functional groups attached to an aromatic ring is 1. The molecule has 0 bridgehead atoms. The lowest BCUT2D eigenvalue weighted by atomic mass is 10.0. The molecule has 38 heavy (non-hydrogen) atoms. The number of methoxy groups -OCH3 is 2. The van der Waals surface area contributed by atoms with Crippen molar-refractivity contribution in [1.29, 1.82) is 0 Å². The van der Waals surface area contributed by atoms with E-state index in [0.29, 0.717) is 40.9 Å². The summed E-state index contributed by atoms with van der Waals surface area (Å²) in [5.74, 6) is -0.119. The molecular weight excluding hydrogens is 516 g/mol. The molecule has 0 aliphatic heterocycles. The fraction of sp³-hybridized carbons (Fsp3) is 0.292. The minimum Gasteiger partial charge on any atom is -0.496 e. The third kappa shape index (κ3) is 4.78. The standard InChI is InChI=1S/C24H24N6O7S/c1-34-15-7-4-8-16(35-2)19(15)12-11-17(37-22(33)20(12)36-14-6-3-5-13(14)31)21(32)27-23-28-29-24(38-23)30-18(25)9-10-26-30/h4,7-11,13-14,31H,3,5-6,25H2,1-2H3,(H,27,28,32)/t13?,14-/m0/s1. The highest BCUT2D eigenvalue weighted by Gasteiger charge is 2.31. The van der Waals surface area contributed by atoms with Gasteiger partial charge in [-0.15, -0.1) is 10.2 Å². The predicted octanol–water partition coefficient (Wildman–Crippen LogP) is 2.49. The van der Waals surface area contributed by atoms with Crippen molar-refractivity contribution < 1.29 is 28.5 Å². The van der Waals surface area contributed by atoms with Crippen LogP contribution in [0.2, 0.25) is 0 Å². The molecule has 198 valence electrons. The minimum atomic E-state index is -0.901. The first kappa shape index (κ1) is 25.2. The Morgan fingerprint density at radius 1 is 1.21 bits per heavy atom. The molecule has 14 heteroatoms. The largest absolute Gasteiger partial charge is 0.496 e. The highest BCUT2D eigenvalue weighted by Crippen LogP contribution is 2.43. The molecular formula is C24H24N6O7S. The number of hydrogen-bond donors (Lipinski definition) is 3. The molecule has 5 rings (SSSR count). The van der Waals surface area contributed by atoms with Crippen LogP contribution in [0.4, 0.5) is 10.9 Å². The molecule has 1 amide bonds. The van der Waals surface area contributed by atoms with Crippen LogP contribution < -0.4 is 30.9 Å². The summed E-state index contributed by atoms with van der Waals surface area (Å²) in [4.78, 5) is 26.3. The molecule has 13 nitrogen and oxygen atoms in total. The molecule has 0 saturated heterocycles. The van der Waals surface area contributed by atoms with E-state index in [9.17, 15) is 14.7 Å². The summed E-state index contributed by atoms with van der Waals surface area (Å²) in [5, 5.41) is 25.3. The molecule has 2 atom stereocenters. The van der Waals surface area contributed by atoms with Crippen molar-refractivity contribution in [3.05, 3.63) is 52.7 Å². The van der Waals surface area contributed by atoms with Crippen molar-refractivity contribution >= 4 is 28.2 Å². The van der Waals surface area contributed by atoms with Crippen LogP contribution >= 0.6 is 11.3 Å². The minimum absolute atomic E-state index is 0.133. The Morgan fingerprint density at radius 2 is 1.97 bits per heavy atom. The van der Waals surface area contributed by atoms with Crippen LogP contribution in [0.15, 0.2) is 45.7 Å². The van der Waals surface area contributed by atoms with E-state index in [1.807, 2.05) is 0 Å². The number of nitrogens with zero attached hydrogens (tertiary/aromatic N) is 4. The van der Waals surface area contributed by atoms with Crippen LogP contribution in [0.1, 0.15) is 29.8 Å². The first-order chi connectivity index (χ1) is 18.4. The molecule has 1 aromatic carbocycles. The van der Waals surface area contributed by atoms with E-state index in [4.69, 9.17) is 24.4 Å². The van der Waals surface area contributed by atoms with Gasteiger partial charge in [-0.3, -0.25) is 10.1 Å². The molecule has 4 N–H and O–H groups in total. The maximum absolute atomic E-state index is 13.2. The molecule has 4 aromatic rings. The van der Waals surface area contributed by atoms with Gasteiger partial charge in [-0.25, -0.2) is 4.79 Å². The second-order valence-corrected chi connectivity index (χ2v) is 9.30. The van der Waals surface area contributed by atoms with Gasteiger partial charge in [0.25, 0.3) is 5.91 Å². The van der Waals surface area contributed by atoms with Crippen molar-refractivity contribution in [1.82, 2.24) is 20.0 Å². The third-order valence-corrected chi connectivity index (χ3v) is 6.82. The number of aliphatic hydroxyl groups excluding tert-OH is 1. The Kier molecular flexibility index (Phi) is 6.98. The number of benzene rings is 1. The molecule has 1 fully saturated rings. The van der Waals surface area contributed by atoms with Gasteiger partial charge in [0.1, 0.15) is 23.4 Å². The number of rotatable bonds is 8. The number of carbonyl (C=O) groups excluding carboxylic acids is 1. The first-order valence-electron chi connectivity index (χ1n) is 11.6. The Hall–Kier alpha value is -4.43. The van der Waals surface area contributed by atoms with Gasteiger partial charge in [0.05, 0.1) is 32.1 Å². The average Bonchev–Trinajstić information content (AvgIpc) is 3.66. The van der Waals surface area contributed by atoms with Crippen LogP contribution in [0, 0.1) is 0 Å². The lowest BCUT2D eigenvalue weighted by molar-refractivity contribution is 0.0580. The zero-order chi connectivity index (χ0) is 26.8. The molecule has 3 aromatic heterocycles. The maximum Gasteiger partial charge on any atom is 0.379 e. The van der Waals surface area contributed by atoms with E-state index in [2.05, 4.69) is 20.6 Å². The number of hydrogen-bond acceptors (Lipinski definition) is 12. The van der Waals surface area contributed by atoms with Gasteiger partial charge >= 0.3 is 5.63 Å². The molecule has 1 unspecified atom stereocenters. The summed E-state index contributed by atoms with van der Waals surface area (Å²) in [6.07, 6.45) is 2.03. The molecule has 1 aliphatic rings. The van der Waals surface area contributed by atoms with E-state index < -0.39 is 23.7 Å². The Bertz CT molecular complexity index is 1510. The lowest BCUT2D eigenvalue weighted by Gasteiger charge is -2.20. The fourth-order valence-corrected chi connectivity index (χ4v) is 4.91. The van der Waals surface area contributed by atoms with Crippen LogP contribution in [0.25, 0.3) is 16.3 Å². The lowest BCUT2D eigenvalue weighted by Crippen LogP contribution is -2.28. The molecule has 0 spiro atoms.